The zero-order valence-corrected chi connectivity index (χ0v) is 12.3. The van der Waals surface area contributed by atoms with Crippen LogP contribution in [-0.4, -0.2) is 42.8 Å². The van der Waals surface area contributed by atoms with Gasteiger partial charge >= 0.3 is 5.97 Å². The molecule has 0 unspecified atom stereocenters. The minimum atomic E-state index is -1.05. The summed E-state index contributed by atoms with van der Waals surface area (Å²) in [5.41, 5.74) is 0.291. The van der Waals surface area contributed by atoms with E-state index in [4.69, 9.17) is 5.11 Å². The molecule has 8 heteroatoms. The molecule has 0 saturated heterocycles. The van der Waals surface area contributed by atoms with Crippen molar-refractivity contribution in [1.29, 1.82) is 0 Å². The topological polar surface area (TPSA) is 110 Å². The van der Waals surface area contributed by atoms with Gasteiger partial charge in [0.05, 0.1) is 5.56 Å². The number of amides is 1. The van der Waals surface area contributed by atoms with E-state index in [0.29, 0.717) is 17.8 Å². The SMILES string of the molecule is CC(C)C[C@H](NC(=O)c1ccc(-n2cncn2)nc1)C(=O)O. The molecule has 2 rings (SSSR count). The van der Waals surface area contributed by atoms with E-state index in [0.717, 1.165) is 0 Å². The van der Waals surface area contributed by atoms with E-state index >= 15 is 0 Å². The normalized spacial score (nSPS) is 12.1. The molecule has 8 nitrogen and oxygen atoms in total. The Morgan fingerprint density at radius 3 is 2.64 bits per heavy atom. The number of aromatic nitrogens is 4. The lowest BCUT2D eigenvalue weighted by molar-refractivity contribution is -0.139. The smallest absolute Gasteiger partial charge is 0.326 e. The summed E-state index contributed by atoms with van der Waals surface area (Å²) >= 11 is 0. The van der Waals surface area contributed by atoms with Gasteiger partial charge in [0, 0.05) is 6.20 Å². The third-order valence-corrected chi connectivity index (χ3v) is 2.97. The van der Waals surface area contributed by atoms with Crippen LogP contribution in [0.15, 0.2) is 31.0 Å². The van der Waals surface area contributed by atoms with Gasteiger partial charge in [0.15, 0.2) is 5.82 Å². The van der Waals surface area contributed by atoms with Crippen LogP contribution in [0.4, 0.5) is 0 Å². The van der Waals surface area contributed by atoms with Gasteiger partial charge in [-0.3, -0.25) is 4.79 Å². The molecule has 2 aromatic rings. The first-order chi connectivity index (χ1) is 10.5. The Bertz CT molecular complexity index is 637. The monoisotopic (exact) mass is 303 g/mol. The molecule has 0 aromatic carbocycles. The van der Waals surface area contributed by atoms with Gasteiger partial charge in [-0.2, -0.15) is 5.10 Å². The maximum absolute atomic E-state index is 12.1. The number of carbonyl (C=O) groups is 2. The molecule has 2 aromatic heterocycles. The van der Waals surface area contributed by atoms with Gasteiger partial charge in [-0.05, 0) is 24.5 Å². The number of carboxylic acid groups (broad SMARTS) is 1. The molecule has 0 aliphatic rings. The van der Waals surface area contributed by atoms with Crippen molar-refractivity contribution in [3.63, 3.8) is 0 Å². The van der Waals surface area contributed by atoms with Gasteiger partial charge in [-0.15, -0.1) is 0 Å². The molecule has 2 heterocycles. The molecule has 2 N–H and O–H groups in total. The zero-order valence-electron chi connectivity index (χ0n) is 12.3. The highest BCUT2D eigenvalue weighted by Gasteiger charge is 2.21. The number of nitrogens with one attached hydrogen (secondary N) is 1. The van der Waals surface area contributed by atoms with Crippen LogP contribution in [0.2, 0.25) is 0 Å². The van der Waals surface area contributed by atoms with E-state index in [1.54, 1.807) is 12.1 Å². The molecule has 1 atom stereocenters. The number of nitrogens with zero attached hydrogens (tertiary/aromatic N) is 4. The Morgan fingerprint density at radius 1 is 1.36 bits per heavy atom. The quantitative estimate of drug-likeness (QED) is 0.820. The van der Waals surface area contributed by atoms with Crippen molar-refractivity contribution >= 4 is 11.9 Å². The summed E-state index contributed by atoms with van der Waals surface area (Å²) in [6.07, 6.45) is 4.61. The molecule has 0 saturated carbocycles. The van der Waals surface area contributed by atoms with E-state index in [-0.39, 0.29) is 5.92 Å². The molecule has 0 aliphatic heterocycles. The highest BCUT2D eigenvalue weighted by atomic mass is 16.4. The third-order valence-electron chi connectivity index (χ3n) is 2.97. The molecule has 116 valence electrons. The maximum atomic E-state index is 12.1. The van der Waals surface area contributed by atoms with Gasteiger partial charge < -0.3 is 10.4 Å². The number of hydrogen-bond acceptors (Lipinski definition) is 5. The van der Waals surface area contributed by atoms with Gasteiger partial charge in [-0.25, -0.2) is 19.4 Å². The fraction of sp³-hybridized carbons (Fsp3) is 0.357. The van der Waals surface area contributed by atoms with Crippen LogP contribution >= 0.6 is 0 Å². The summed E-state index contributed by atoms with van der Waals surface area (Å²) in [7, 11) is 0. The van der Waals surface area contributed by atoms with Gasteiger partial charge in [0.1, 0.15) is 18.7 Å². The van der Waals surface area contributed by atoms with Gasteiger partial charge in [0.25, 0.3) is 5.91 Å². The van der Waals surface area contributed by atoms with Crippen molar-refractivity contribution in [2.75, 3.05) is 0 Å². The molecule has 1 amide bonds. The number of hydrogen-bond donors (Lipinski definition) is 2. The minimum Gasteiger partial charge on any atom is -0.480 e. The van der Waals surface area contributed by atoms with E-state index in [1.807, 2.05) is 13.8 Å². The number of rotatable bonds is 6. The van der Waals surface area contributed by atoms with Crippen molar-refractivity contribution in [2.24, 2.45) is 5.92 Å². The second kappa shape index (κ2) is 6.79. The van der Waals surface area contributed by atoms with Crippen LogP contribution in [0.5, 0.6) is 0 Å². The van der Waals surface area contributed by atoms with Gasteiger partial charge in [0.2, 0.25) is 0 Å². The lowest BCUT2D eigenvalue weighted by Gasteiger charge is -2.16. The number of aliphatic carboxylic acids is 1. The Hall–Kier alpha value is -2.77. The number of carbonyl (C=O) groups excluding carboxylic acids is 1. The first-order valence-corrected chi connectivity index (χ1v) is 6.82. The Labute approximate surface area is 127 Å². The molecular formula is C14H17N5O3. The first kappa shape index (κ1) is 15.6. The molecule has 22 heavy (non-hydrogen) atoms. The average Bonchev–Trinajstić information content (AvgIpc) is 3.00. The fourth-order valence-electron chi connectivity index (χ4n) is 1.92. The van der Waals surface area contributed by atoms with Crippen LogP contribution < -0.4 is 5.32 Å². The largest absolute Gasteiger partial charge is 0.480 e. The Morgan fingerprint density at radius 2 is 2.14 bits per heavy atom. The number of carboxylic acids is 1. The van der Waals surface area contributed by atoms with Crippen LogP contribution in [-0.2, 0) is 4.79 Å². The van der Waals surface area contributed by atoms with Crippen LogP contribution in [0.25, 0.3) is 5.82 Å². The van der Waals surface area contributed by atoms with Crippen molar-refractivity contribution in [3.8, 4) is 5.82 Å². The fourth-order valence-corrected chi connectivity index (χ4v) is 1.92. The average molecular weight is 303 g/mol. The molecule has 0 bridgehead atoms. The summed E-state index contributed by atoms with van der Waals surface area (Å²) in [6.45, 7) is 3.80. The van der Waals surface area contributed by atoms with Crippen LogP contribution in [0, 0.1) is 5.92 Å². The predicted molar refractivity (Wildman–Crippen MR) is 77.5 cm³/mol. The highest BCUT2D eigenvalue weighted by molar-refractivity contribution is 5.96. The zero-order chi connectivity index (χ0) is 16.1. The molecule has 0 spiro atoms. The lowest BCUT2D eigenvalue weighted by Crippen LogP contribution is -2.41. The van der Waals surface area contributed by atoms with Crippen LogP contribution in [0.1, 0.15) is 30.6 Å². The van der Waals surface area contributed by atoms with Crippen LogP contribution in [0.3, 0.4) is 0 Å². The van der Waals surface area contributed by atoms with Crippen molar-refractivity contribution in [1.82, 2.24) is 25.1 Å². The second-order valence-corrected chi connectivity index (χ2v) is 5.24. The predicted octanol–water partition coefficient (Wildman–Crippen LogP) is 0.891. The van der Waals surface area contributed by atoms with E-state index in [1.165, 1.54) is 23.5 Å². The van der Waals surface area contributed by atoms with Gasteiger partial charge in [-0.1, -0.05) is 13.8 Å². The van der Waals surface area contributed by atoms with E-state index in [9.17, 15) is 9.59 Å². The molecular weight excluding hydrogens is 286 g/mol. The Balaban J connectivity index is 2.07. The summed E-state index contributed by atoms with van der Waals surface area (Å²) < 4.78 is 1.46. The molecule has 0 fully saturated rings. The second-order valence-electron chi connectivity index (χ2n) is 5.24. The summed E-state index contributed by atoms with van der Waals surface area (Å²) in [6, 6.07) is 2.26. The van der Waals surface area contributed by atoms with E-state index in [2.05, 4.69) is 20.4 Å². The van der Waals surface area contributed by atoms with E-state index < -0.39 is 17.9 Å². The number of pyridine rings is 1. The summed E-state index contributed by atoms with van der Waals surface area (Å²) in [4.78, 5) is 31.2. The maximum Gasteiger partial charge on any atom is 0.326 e. The minimum absolute atomic E-state index is 0.161. The first-order valence-electron chi connectivity index (χ1n) is 6.82. The standard InChI is InChI=1S/C14H17N5O3/c1-9(2)5-11(14(21)22)18-13(20)10-3-4-12(16-6-10)19-8-15-7-17-19/h3-4,6-9,11H,5H2,1-2H3,(H,18,20)(H,21,22)/t11-/m0/s1. The highest BCUT2D eigenvalue weighted by Crippen LogP contribution is 2.08. The lowest BCUT2D eigenvalue weighted by atomic mass is 10.0. The summed E-state index contributed by atoms with van der Waals surface area (Å²) in [5, 5.41) is 15.6. The van der Waals surface area contributed by atoms with Crippen molar-refractivity contribution in [2.45, 2.75) is 26.3 Å². The van der Waals surface area contributed by atoms with Crippen molar-refractivity contribution < 1.29 is 14.7 Å². The van der Waals surface area contributed by atoms with Crippen molar-refractivity contribution in [3.05, 3.63) is 36.5 Å². The molecule has 0 aliphatic carbocycles. The third kappa shape index (κ3) is 3.87. The molecule has 0 radical (unpaired) electrons. The summed E-state index contributed by atoms with van der Waals surface area (Å²) in [5.74, 6) is -0.833. The Kier molecular flexibility index (Phi) is 4.82.